The average Bonchev–Trinajstić information content (AvgIpc) is 3.08. The maximum atomic E-state index is 12.9. The van der Waals surface area contributed by atoms with Gasteiger partial charge in [-0.15, -0.1) is 0 Å². The maximum absolute atomic E-state index is 12.9. The Kier molecular flexibility index (Phi) is 3.33. The molecule has 2 heterocycles. The summed E-state index contributed by atoms with van der Waals surface area (Å²) in [6.07, 6.45) is 0.631. The Hall–Kier alpha value is -2.43. The van der Waals surface area contributed by atoms with Crippen LogP contribution in [0.3, 0.4) is 0 Å². The number of ketones is 1. The van der Waals surface area contributed by atoms with Gasteiger partial charge in [-0.1, -0.05) is 0 Å². The van der Waals surface area contributed by atoms with Crippen LogP contribution in [0.1, 0.15) is 34.1 Å². The van der Waals surface area contributed by atoms with E-state index in [-0.39, 0.29) is 23.5 Å². The predicted octanol–water partition coefficient (Wildman–Crippen LogP) is 2.52. The average molecular weight is 287 g/mol. The monoisotopic (exact) mass is 287 g/mol. The lowest BCUT2D eigenvalue weighted by molar-refractivity contribution is -0.142. The van der Waals surface area contributed by atoms with E-state index < -0.39 is 0 Å². The maximum Gasteiger partial charge on any atom is 0.314 e. The molecule has 21 heavy (non-hydrogen) atoms. The van der Waals surface area contributed by atoms with Crippen LogP contribution in [-0.4, -0.2) is 23.4 Å². The van der Waals surface area contributed by atoms with Gasteiger partial charge in [0, 0.05) is 17.8 Å². The zero-order valence-corrected chi connectivity index (χ0v) is 11.5. The predicted molar refractivity (Wildman–Crippen MR) is 73.6 cm³/mol. The Morgan fingerprint density at radius 3 is 2.57 bits per heavy atom. The van der Waals surface area contributed by atoms with E-state index >= 15 is 0 Å². The molecule has 108 valence electrons. The Bertz CT molecular complexity index is 703. The SMILES string of the molecule is COC(=O)C1CCn2c(C(=O)c3ccc(F)cc3)ccc21. The molecule has 0 saturated heterocycles. The number of methoxy groups -OCH3 is 1. The highest BCUT2D eigenvalue weighted by atomic mass is 19.1. The molecule has 0 bridgehead atoms. The quantitative estimate of drug-likeness (QED) is 0.644. The van der Waals surface area contributed by atoms with Crippen molar-refractivity contribution in [2.24, 2.45) is 0 Å². The van der Waals surface area contributed by atoms with Gasteiger partial charge in [0.1, 0.15) is 5.82 Å². The number of aromatic nitrogens is 1. The van der Waals surface area contributed by atoms with Crippen LogP contribution in [0.4, 0.5) is 4.39 Å². The third kappa shape index (κ3) is 2.24. The highest BCUT2D eigenvalue weighted by Crippen LogP contribution is 2.32. The fourth-order valence-corrected chi connectivity index (χ4v) is 2.77. The first-order chi connectivity index (χ1) is 10.1. The number of carbonyl (C=O) groups excluding carboxylic acids is 2. The van der Waals surface area contributed by atoms with Crippen LogP contribution in [0.15, 0.2) is 36.4 Å². The number of esters is 1. The molecule has 1 aromatic carbocycles. The molecule has 0 fully saturated rings. The Balaban J connectivity index is 1.93. The van der Waals surface area contributed by atoms with Gasteiger partial charge in [-0.2, -0.15) is 0 Å². The fraction of sp³-hybridized carbons (Fsp3) is 0.250. The molecule has 1 aliphatic rings. The van der Waals surface area contributed by atoms with Crippen LogP contribution in [-0.2, 0) is 16.1 Å². The van der Waals surface area contributed by atoms with Gasteiger partial charge in [0.2, 0.25) is 5.78 Å². The van der Waals surface area contributed by atoms with Gasteiger partial charge in [0.05, 0.1) is 18.7 Å². The first-order valence-corrected chi connectivity index (χ1v) is 6.69. The number of benzene rings is 1. The molecule has 0 amide bonds. The standard InChI is InChI=1S/C16H14FNO3/c1-21-16(20)12-8-9-18-13(12)6-7-14(18)15(19)10-2-4-11(17)5-3-10/h2-7,12H,8-9H2,1H3. The first kappa shape index (κ1) is 13.5. The molecule has 0 radical (unpaired) electrons. The third-order valence-corrected chi connectivity index (χ3v) is 3.84. The van der Waals surface area contributed by atoms with Crippen molar-refractivity contribution in [2.45, 2.75) is 18.9 Å². The minimum absolute atomic E-state index is 0.174. The van der Waals surface area contributed by atoms with Crippen LogP contribution >= 0.6 is 0 Å². The molecular formula is C16H14FNO3. The summed E-state index contributed by atoms with van der Waals surface area (Å²) in [5.41, 5.74) is 1.74. The first-order valence-electron chi connectivity index (χ1n) is 6.69. The number of fused-ring (bicyclic) bond motifs is 1. The van der Waals surface area contributed by atoms with Crippen molar-refractivity contribution in [3.8, 4) is 0 Å². The molecular weight excluding hydrogens is 273 g/mol. The number of halogens is 1. The minimum Gasteiger partial charge on any atom is -0.469 e. The van der Waals surface area contributed by atoms with Gasteiger partial charge < -0.3 is 9.30 Å². The highest BCUT2D eigenvalue weighted by Gasteiger charge is 2.32. The van der Waals surface area contributed by atoms with E-state index in [2.05, 4.69) is 0 Å². The van der Waals surface area contributed by atoms with E-state index in [0.29, 0.717) is 24.2 Å². The number of hydrogen-bond donors (Lipinski definition) is 0. The molecule has 4 nitrogen and oxygen atoms in total. The molecule has 0 saturated carbocycles. The largest absolute Gasteiger partial charge is 0.469 e. The van der Waals surface area contributed by atoms with Gasteiger partial charge >= 0.3 is 5.97 Å². The van der Waals surface area contributed by atoms with Crippen molar-refractivity contribution in [1.29, 1.82) is 0 Å². The van der Waals surface area contributed by atoms with E-state index in [0.717, 1.165) is 5.69 Å². The van der Waals surface area contributed by atoms with Crippen LogP contribution in [0.25, 0.3) is 0 Å². The van der Waals surface area contributed by atoms with E-state index in [4.69, 9.17) is 4.74 Å². The Labute approximate surface area is 121 Å². The lowest BCUT2D eigenvalue weighted by atomic mass is 10.1. The van der Waals surface area contributed by atoms with E-state index in [1.165, 1.54) is 31.4 Å². The molecule has 0 spiro atoms. The summed E-state index contributed by atoms with van der Waals surface area (Å²) in [7, 11) is 1.36. The molecule has 2 aromatic rings. The van der Waals surface area contributed by atoms with E-state index in [1.54, 1.807) is 12.1 Å². The summed E-state index contributed by atoms with van der Waals surface area (Å²) < 4.78 is 19.5. The van der Waals surface area contributed by atoms with Gasteiger partial charge in [-0.25, -0.2) is 4.39 Å². The number of rotatable bonds is 3. The summed E-state index contributed by atoms with van der Waals surface area (Å²) in [6.45, 7) is 0.602. The highest BCUT2D eigenvalue weighted by molar-refractivity contribution is 6.08. The lowest BCUT2D eigenvalue weighted by Gasteiger charge is -2.06. The zero-order chi connectivity index (χ0) is 15.0. The number of hydrogen-bond acceptors (Lipinski definition) is 3. The molecule has 1 aromatic heterocycles. The van der Waals surface area contributed by atoms with Crippen molar-refractivity contribution < 1.29 is 18.7 Å². The molecule has 5 heteroatoms. The second-order valence-electron chi connectivity index (χ2n) is 5.00. The lowest BCUT2D eigenvalue weighted by Crippen LogP contribution is -2.11. The van der Waals surface area contributed by atoms with Crippen LogP contribution in [0.5, 0.6) is 0 Å². The minimum atomic E-state index is -0.377. The molecule has 3 rings (SSSR count). The normalized spacial score (nSPS) is 16.6. The summed E-state index contributed by atoms with van der Waals surface area (Å²) in [5, 5.41) is 0. The second kappa shape index (κ2) is 5.16. The van der Waals surface area contributed by atoms with Crippen molar-refractivity contribution >= 4 is 11.8 Å². The molecule has 1 aliphatic heterocycles. The van der Waals surface area contributed by atoms with E-state index in [9.17, 15) is 14.0 Å². The Morgan fingerprint density at radius 1 is 1.19 bits per heavy atom. The molecule has 1 unspecified atom stereocenters. The molecule has 0 N–H and O–H groups in total. The van der Waals surface area contributed by atoms with Crippen LogP contribution in [0, 0.1) is 5.82 Å². The van der Waals surface area contributed by atoms with Crippen molar-refractivity contribution in [2.75, 3.05) is 7.11 Å². The second-order valence-corrected chi connectivity index (χ2v) is 5.00. The number of carbonyl (C=O) groups is 2. The van der Waals surface area contributed by atoms with Crippen LogP contribution < -0.4 is 0 Å². The van der Waals surface area contributed by atoms with E-state index in [1.807, 2.05) is 4.57 Å². The number of ether oxygens (including phenoxy) is 1. The smallest absolute Gasteiger partial charge is 0.314 e. The summed E-state index contributed by atoms with van der Waals surface area (Å²) in [4.78, 5) is 24.2. The summed E-state index contributed by atoms with van der Waals surface area (Å²) in [5.74, 6) is -1.15. The van der Waals surface area contributed by atoms with Gasteiger partial charge in [0.15, 0.2) is 0 Å². The number of nitrogens with zero attached hydrogens (tertiary/aromatic N) is 1. The van der Waals surface area contributed by atoms with Gasteiger partial charge in [0.25, 0.3) is 0 Å². The fourth-order valence-electron chi connectivity index (χ4n) is 2.77. The Morgan fingerprint density at radius 2 is 1.90 bits per heavy atom. The summed E-state index contributed by atoms with van der Waals surface area (Å²) in [6, 6.07) is 8.94. The van der Waals surface area contributed by atoms with Crippen molar-refractivity contribution in [1.82, 2.24) is 4.57 Å². The molecule has 0 aliphatic carbocycles. The van der Waals surface area contributed by atoms with Gasteiger partial charge in [-0.3, -0.25) is 9.59 Å². The summed E-state index contributed by atoms with van der Waals surface area (Å²) >= 11 is 0. The van der Waals surface area contributed by atoms with Crippen LogP contribution in [0.2, 0.25) is 0 Å². The van der Waals surface area contributed by atoms with Crippen molar-refractivity contribution in [3.05, 3.63) is 59.2 Å². The third-order valence-electron chi connectivity index (χ3n) is 3.84. The zero-order valence-electron chi connectivity index (χ0n) is 11.5. The van der Waals surface area contributed by atoms with Gasteiger partial charge in [-0.05, 0) is 42.8 Å². The van der Waals surface area contributed by atoms with Crippen molar-refractivity contribution in [3.63, 3.8) is 0 Å². The molecule has 1 atom stereocenters. The topological polar surface area (TPSA) is 48.3 Å².